The molecule has 72 valence electrons. The maximum Gasteiger partial charge on any atom is 0.335 e. The summed E-state index contributed by atoms with van der Waals surface area (Å²) < 4.78 is 0. The number of carbonyl (C=O) groups is 1. The summed E-state index contributed by atoms with van der Waals surface area (Å²) in [7, 11) is 0. The van der Waals surface area contributed by atoms with E-state index in [0.29, 0.717) is 0 Å². The molecule has 0 amide bonds. The summed E-state index contributed by atoms with van der Waals surface area (Å²) in [4.78, 5) is 10.5. The van der Waals surface area contributed by atoms with Crippen molar-refractivity contribution in [1.29, 1.82) is 0 Å². The second kappa shape index (κ2) is 4.42. The first-order chi connectivity index (χ1) is 6.61. The molecule has 0 fully saturated rings. The lowest BCUT2D eigenvalue weighted by Gasteiger charge is -1.98. The molecule has 0 heterocycles. The van der Waals surface area contributed by atoms with Crippen molar-refractivity contribution in [2.45, 2.75) is 6.92 Å². The quantitative estimate of drug-likeness (QED) is 0.584. The van der Waals surface area contributed by atoms with Crippen LogP contribution in [0.2, 0.25) is 0 Å². The molecular formula is C12H12O2. The molecule has 0 aliphatic rings. The first kappa shape index (κ1) is 10.3. The Hall–Kier alpha value is -1.83. The Morgan fingerprint density at radius 2 is 2.07 bits per heavy atom. The first-order valence-electron chi connectivity index (χ1n) is 4.27. The second-order valence-electron chi connectivity index (χ2n) is 3.02. The van der Waals surface area contributed by atoms with Gasteiger partial charge in [-0.25, -0.2) is 4.79 Å². The molecule has 2 heteroatoms. The van der Waals surface area contributed by atoms with Crippen LogP contribution in [0.3, 0.4) is 0 Å². The summed E-state index contributed by atoms with van der Waals surface area (Å²) >= 11 is 0. The highest BCUT2D eigenvalue weighted by Crippen LogP contribution is 2.10. The van der Waals surface area contributed by atoms with Crippen LogP contribution < -0.4 is 0 Å². The summed E-state index contributed by atoms with van der Waals surface area (Å²) in [6, 6.07) is 7.76. The van der Waals surface area contributed by atoms with Crippen molar-refractivity contribution in [3.63, 3.8) is 0 Å². The summed E-state index contributed by atoms with van der Waals surface area (Å²) in [6.45, 7) is 5.39. The van der Waals surface area contributed by atoms with Gasteiger partial charge in [0.15, 0.2) is 0 Å². The summed E-state index contributed by atoms with van der Waals surface area (Å²) in [6.07, 6.45) is 3.26. The van der Waals surface area contributed by atoms with Crippen molar-refractivity contribution in [2.24, 2.45) is 0 Å². The predicted molar refractivity (Wildman–Crippen MR) is 57.0 cm³/mol. The molecule has 0 aliphatic heterocycles. The number of aryl methyl sites for hydroxylation is 1. The Morgan fingerprint density at radius 1 is 1.43 bits per heavy atom. The zero-order valence-corrected chi connectivity index (χ0v) is 8.03. The number of carboxylic acid groups (broad SMARTS) is 1. The van der Waals surface area contributed by atoms with Crippen LogP contribution in [0.1, 0.15) is 11.1 Å². The van der Waals surface area contributed by atoms with E-state index in [1.54, 1.807) is 6.08 Å². The molecule has 0 spiro atoms. The molecule has 0 saturated heterocycles. The van der Waals surface area contributed by atoms with Crippen molar-refractivity contribution in [3.8, 4) is 0 Å². The van der Waals surface area contributed by atoms with Crippen LogP contribution in [0.4, 0.5) is 0 Å². The third-order valence-corrected chi connectivity index (χ3v) is 1.93. The maximum atomic E-state index is 10.5. The first-order valence-corrected chi connectivity index (χ1v) is 4.27. The van der Waals surface area contributed by atoms with Gasteiger partial charge in [-0.2, -0.15) is 0 Å². The van der Waals surface area contributed by atoms with Crippen LogP contribution in [-0.2, 0) is 4.79 Å². The van der Waals surface area contributed by atoms with Crippen LogP contribution >= 0.6 is 0 Å². The van der Waals surface area contributed by atoms with Gasteiger partial charge in [0.2, 0.25) is 0 Å². The van der Waals surface area contributed by atoms with Gasteiger partial charge in [-0.1, -0.05) is 36.9 Å². The van der Waals surface area contributed by atoms with Gasteiger partial charge in [-0.15, -0.1) is 0 Å². The number of benzene rings is 1. The Morgan fingerprint density at radius 3 is 2.64 bits per heavy atom. The molecular weight excluding hydrogens is 176 g/mol. The van der Waals surface area contributed by atoms with Gasteiger partial charge in [-0.3, -0.25) is 0 Å². The van der Waals surface area contributed by atoms with Crippen molar-refractivity contribution in [2.75, 3.05) is 0 Å². The Bertz CT molecular complexity index is 389. The van der Waals surface area contributed by atoms with Crippen LogP contribution in [0.5, 0.6) is 0 Å². The normalized spacial score (nSPS) is 10.4. The van der Waals surface area contributed by atoms with Gasteiger partial charge in [0.05, 0.1) is 5.57 Å². The lowest BCUT2D eigenvalue weighted by molar-refractivity contribution is -0.132. The van der Waals surface area contributed by atoms with Gasteiger partial charge < -0.3 is 5.11 Å². The summed E-state index contributed by atoms with van der Waals surface area (Å²) in [5.41, 5.74) is 2.21. The molecule has 1 rings (SSSR count). The molecule has 0 radical (unpaired) electrons. The maximum absolute atomic E-state index is 10.5. The van der Waals surface area contributed by atoms with E-state index in [0.717, 1.165) is 11.1 Å². The number of rotatable bonds is 3. The number of carboxylic acids is 1. The van der Waals surface area contributed by atoms with Gasteiger partial charge in [0, 0.05) is 0 Å². The minimum absolute atomic E-state index is 0.0910. The molecule has 14 heavy (non-hydrogen) atoms. The average molecular weight is 188 g/mol. The molecule has 0 bridgehead atoms. The van der Waals surface area contributed by atoms with Gasteiger partial charge in [0.25, 0.3) is 0 Å². The molecule has 0 unspecified atom stereocenters. The highest BCUT2D eigenvalue weighted by molar-refractivity contribution is 5.90. The molecule has 0 saturated carbocycles. The SMILES string of the molecule is C=C(/C=C\c1ccccc1C)C(=O)O. The predicted octanol–water partition coefficient (Wildman–Crippen LogP) is 2.65. The zero-order chi connectivity index (χ0) is 10.6. The van der Waals surface area contributed by atoms with Crippen LogP contribution in [0, 0.1) is 6.92 Å². The van der Waals surface area contributed by atoms with E-state index in [4.69, 9.17) is 5.11 Å². The van der Waals surface area contributed by atoms with Crippen molar-refractivity contribution >= 4 is 12.0 Å². The van der Waals surface area contributed by atoms with E-state index in [1.165, 1.54) is 6.08 Å². The van der Waals surface area contributed by atoms with Crippen LogP contribution in [0.15, 0.2) is 42.5 Å². The number of hydrogen-bond acceptors (Lipinski definition) is 1. The molecule has 1 N–H and O–H groups in total. The molecule has 0 aliphatic carbocycles. The standard InChI is InChI=1S/C12H12O2/c1-9-5-3-4-6-11(9)8-7-10(2)12(13)14/h3-8H,2H2,1H3,(H,13,14)/b8-7-. The lowest BCUT2D eigenvalue weighted by Crippen LogP contribution is -1.94. The smallest absolute Gasteiger partial charge is 0.335 e. The van der Waals surface area contributed by atoms with E-state index in [2.05, 4.69) is 6.58 Å². The van der Waals surface area contributed by atoms with Crippen molar-refractivity contribution in [3.05, 3.63) is 53.6 Å². The largest absolute Gasteiger partial charge is 0.478 e. The summed E-state index contributed by atoms with van der Waals surface area (Å²) in [5.74, 6) is -0.991. The van der Waals surface area contributed by atoms with Gasteiger partial charge in [0.1, 0.15) is 0 Å². The molecule has 2 nitrogen and oxygen atoms in total. The molecule has 1 aromatic rings. The monoisotopic (exact) mass is 188 g/mol. The van der Waals surface area contributed by atoms with Gasteiger partial charge in [-0.05, 0) is 24.1 Å². The average Bonchev–Trinajstić information content (AvgIpc) is 2.16. The third-order valence-electron chi connectivity index (χ3n) is 1.93. The third kappa shape index (κ3) is 2.59. The topological polar surface area (TPSA) is 37.3 Å². The van der Waals surface area contributed by atoms with E-state index in [1.807, 2.05) is 31.2 Å². The Kier molecular flexibility index (Phi) is 3.24. The fourth-order valence-corrected chi connectivity index (χ4v) is 1.04. The minimum atomic E-state index is -0.991. The van der Waals surface area contributed by atoms with E-state index in [-0.39, 0.29) is 5.57 Å². The van der Waals surface area contributed by atoms with Crippen LogP contribution in [-0.4, -0.2) is 11.1 Å². The molecule has 0 atom stereocenters. The van der Waals surface area contributed by atoms with Crippen LogP contribution in [0.25, 0.3) is 6.08 Å². The fourth-order valence-electron chi connectivity index (χ4n) is 1.04. The Labute approximate surface area is 83.2 Å². The van der Waals surface area contributed by atoms with E-state index in [9.17, 15) is 4.79 Å². The number of hydrogen-bond donors (Lipinski definition) is 1. The van der Waals surface area contributed by atoms with E-state index < -0.39 is 5.97 Å². The molecule has 0 aromatic heterocycles. The van der Waals surface area contributed by atoms with Crippen molar-refractivity contribution in [1.82, 2.24) is 0 Å². The summed E-state index contributed by atoms with van der Waals surface area (Å²) in [5, 5.41) is 8.58. The highest BCUT2D eigenvalue weighted by Gasteiger charge is 1.98. The number of aliphatic carboxylic acids is 1. The fraction of sp³-hybridized carbons (Fsp3) is 0.0833. The molecule has 1 aromatic carbocycles. The van der Waals surface area contributed by atoms with Crippen molar-refractivity contribution < 1.29 is 9.90 Å². The Balaban J connectivity index is 2.84. The lowest BCUT2D eigenvalue weighted by atomic mass is 10.1. The van der Waals surface area contributed by atoms with Gasteiger partial charge >= 0.3 is 5.97 Å². The zero-order valence-electron chi connectivity index (χ0n) is 8.03. The second-order valence-corrected chi connectivity index (χ2v) is 3.02. The minimum Gasteiger partial charge on any atom is -0.478 e. The highest BCUT2D eigenvalue weighted by atomic mass is 16.4. The van der Waals surface area contributed by atoms with E-state index >= 15 is 0 Å².